The van der Waals surface area contributed by atoms with Crippen molar-refractivity contribution in [3.05, 3.63) is 29.3 Å². The molecule has 3 aliphatic carbocycles. The molecule has 1 heteroatoms. The Bertz CT molecular complexity index is 506. The first-order valence-electron chi connectivity index (χ1n) is 7.99. The molecular weight excluding hydrogens is 232 g/mol. The molecule has 0 aromatic heterocycles. The summed E-state index contributed by atoms with van der Waals surface area (Å²) in [6.45, 7) is 2.55. The number of fused-ring (bicyclic) bond motifs is 5. The molecule has 3 aliphatic rings. The average Bonchev–Trinajstić information content (AvgIpc) is 2.79. The van der Waals surface area contributed by atoms with Crippen LogP contribution >= 0.6 is 0 Å². The van der Waals surface area contributed by atoms with E-state index in [1.165, 1.54) is 50.5 Å². The zero-order valence-electron chi connectivity index (χ0n) is 11.9. The molecule has 1 aromatic rings. The van der Waals surface area contributed by atoms with Gasteiger partial charge >= 0.3 is 0 Å². The first-order chi connectivity index (χ1) is 9.17. The van der Waals surface area contributed by atoms with E-state index in [0.717, 1.165) is 17.8 Å². The molecule has 0 bridgehead atoms. The lowest BCUT2D eigenvalue weighted by Gasteiger charge is -2.49. The molecular formula is C18H24O. The van der Waals surface area contributed by atoms with Gasteiger partial charge in [-0.15, -0.1) is 0 Å². The molecule has 102 valence electrons. The highest BCUT2D eigenvalue weighted by molar-refractivity contribution is 5.40. The number of phenolic OH excluding ortho intramolecular Hbond substituents is 1. The lowest BCUT2D eigenvalue weighted by atomic mass is 9.56. The quantitative estimate of drug-likeness (QED) is 0.717. The van der Waals surface area contributed by atoms with Gasteiger partial charge in [-0.1, -0.05) is 19.4 Å². The Morgan fingerprint density at radius 2 is 2.05 bits per heavy atom. The van der Waals surface area contributed by atoms with Crippen molar-refractivity contribution in [1.82, 2.24) is 0 Å². The number of benzene rings is 1. The SMILES string of the molecule is C[C@]12CCC[C@@H]1[C@@H]1CCc3cc(O)ccc3[C@@H]1CC2. The minimum atomic E-state index is 0.443. The Morgan fingerprint density at radius 1 is 1.16 bits per heavy atom. The zero-order valence-corrected chi connectivity index (χ0v) is 11.9. The predicted octanol–water partition coefficient (Wildman–Crippen LogP) is 4.64. The third-order valence-electron chi connectivity index (χ3n) is 6.49. The fourth-order valence-electron chi connectivity index (χ4n) is 5.56. The molecule has 4 rings (SSSR count). The van der Waals surface area contributed by atoms with Gasteiger partial charge in [0.15, 0.2) is 0 Å². The fourth-order valence-corrected chi connectivity index (χ4v) is 5.56. The lowest BCUT2D eigenvalue weighted by molar-refractivity contribution is 0.0598. The van der Waals surface area contributed by atoms with Crippen LogP contribution in [0.5, 0.6) is 5.75 Å². The maximum atomic E-state index is 9.68. The Morgan fingerprint density at radius 3 is 2.95 bits per heavy atom. The molecule has 0 unspecified atom stereocenters. The molecule has 0 saturated heterocycles. The molecule has 2 saturated carbocycles. The molecule has 0 amide bonds. The van der Waals surface area contributed by atoms with E-state index < -0.39 is 0 Å². The second kappa shape index (κ2) is 4.01. The standard InChI is InChI=1S/C18H24O/c1-18-9-2-3-17(18)16-6-4-12-11-13(19)5-7-14(12)15(16)8-10-18/h5,7,11,15-17,19H,2-4,6,8-10H2,1H3/t15-,16+,17+,18+/m0/s1. The van der Waals surface area contributed by atoms with Crippen LogP contribution in [0.25, 0.3) is 0 Å². The molecule has 1 nitrogen and oxygen atoms in total. The molecule has 2 fully saturated rings. The summed E-state index contributed by atoms with van der Waals surface area (Å²) in [7, 11) is 0. The smallest absolute Gasteiger partial charge is 0.115 e. The van der Waals surface area contributed by atoms with Gasteiger partial charge in [0.1, 0.15) is 5.75 Å². The maximum absolute atomic E-state index is 9.68. The fraction of sp³-hybridized carbons (Fsp3) is 0.667. The van der Waals surface area contributed by atoms with E-state index in [1.54, 1.807) is 5.56 Å². The molecule has 0 radical (unpaired) electrons. The second-order valence-corrected chi connectivity index (χ2v) is 7.38. The molecule has 1 N–H and O–H groups in total. The van der Waals surface area contributed by atoms with Crippen LogP contribution in [0.15, 0.2) is 18.2 Å². The van der Waals surface area contributed by atoms with Gasteiger partial charge in [0, 0.05) is 0 Å². The van der Waals surface area contributed by atoms with Crippen molar-refractivity contribution in [2.45, 2.75) is 57.8 Å². The van der Waals surface area contributed by atoms with Crippen molar-refractivity contribution in [2.75, 3.05) is 0 Å². The summed E-state index contributed by atoms with van der Waals surface area (Å²) in [5.41, 5.74) is 3.63. The van der Waals surface area contributed by atoms with Crippen LogP contribution in [0.1, 0.15) is 62.5 Å². The number of aromatic hydroxyl groups is 1. The van der Waals surface area contributed by atoms with Crippen molar-refractivity contribution in [2.24, 2.45) is 17.3 Å². The van der Waals surface area contributed by atoms with Crippen molar-refractivity contribution in [1.29, 1.82) is 0 Å². The summed E-state index contributed by atoms with van der Waals surface area (Å²) in [6, 6.07) is 6.11. The van der Waals surface area contributed by atoms with Crippen LogP contribution in [0.4, 0.5) is 0 Å². The summed E-state index contributed by atoms with van der Waals surface area (Å²) >= 11 is 0. The van der Waals surface area contributed by atoms with E-state index in [9.17, 15) is 5.11 Å². The normalized spacial score (nSPS) is 40.4. The molecule has 0 spiro atoms. The monoisotopic (exact) mass is 256 g/mol. The highest BCUT2D eigenvalue weighted by Crippen LogP contribution is 2.60. The minimum Gasteiger partial charge on any atom is -0.508 e. The Labute approximate surface area is 116 Å². The largest absolute Gasteiger partial charge is 0.508 e. The molecule has 4 atom stereocenters. The number of hydrogen-bond acceptors (Lipinski definition) is 1. The van der Waals surface area contributed by atoms with Crippen LogP contribution in [-0.2, 0) is 6.42 Å². The molecule has 19 heavy (non-hydrogen) atoms. The van der Waals surface area contributed by atoms with Gasteiger partial charge in [0.05, 0.1) is 0 Å². The molecule has 1 aromatic carbocycles. The van der Waals surface area contributed by atoms with Gasteiger partial charge < -0.3 is 5.11 Å². The summed E-state index contributed by atoms with van der Waals surface area (Å²) in [4.78, 5) is 0. The van der Waals surface area contributed by atoms with E-state index >= 15 is 0 Å². The van der Waals surface area contributed by atoms with Crippen LogP contribution < -0.4 is 0 Å². The van der Waals surface area contributed by atoms with E-state index in [1.807, 2.05) is 12.1 Å². The second-order valence-electron chi connectivity index (χ2n) is 7.38. The Hall–Kier alpha value is -0.980. The highest BCUT2D eigenvalue weighted by Gasteiger charge is 2.50. The number of phenols is 1. The summed E-state index contributed by atoms with van der Waals surface area (Å²) in [6.07, 6.45) is 9.69. The summed E-state index contributed by atoms with van der Waals surface area (Å²) < 4.78 is 0. The van der Waals surface area contributed by atoms with Gasteiger partial charge in [-0.2, -0.15) is 0 Å². The molecule has 0 aliphatic heterocycles. The van der Waals surface area contributed by atoms with Gasteiger partial charge in [-0.25, -0.2) is 0 Å². The lowest BCUT2D eigenvalue weighted by Crippen LogP contribution is -2.39. The third-order valence-corrected chi connectivity index (χ3v) is 6.49. The van der Waals surface area contributed by atoms with E-state index in [0.29, 0.717) is 11.2 Å². The van der Waals surface area contributed by atoms with Gasteiger partial charge in [-0.05, 0) is 85.0 Å². The van der Waals surface area contributed by atoms with Crippen LogP contribution in [-0.4, -0.2) is 5.11 Å². The van der Waals surface area contributed by atoms with Crippen molar-refractivity contribution < 1.29 is 5.11 Å². The number of hydrogen-bond donors (Lipinski definition) is 1. The topological polar surface area (TPSA) is 20.2 Å². The van der Waals surface area contributed by atoms with Crippen LogP contribution in [0.3, 0.4) is 0 Å². The Balaban J connectivity index is 1.72. The maximum Gasteiger partial charge on any atom is 0.115 e. The first-order valence-corrected chi connectivity index (χ1v) is 7.99. The van der Waals surface area contributed by atoms with Crippen molar-refractivity contribution in [3.63, 3.8) is 0 Å². The van der Waals surface area contributed by atoms with E-state index in [2.05, 4.69) is 13.0 Å². The number of rotatable bonds is 0. The Kier molecular flexibility index (Phi) is 2.49. The van der Waals surface area contributed by atoms with Crippen molar-refractivity contribution in [3.8, 4) is 5.75 Å². The van der Waals surface area contributed by atoms with Crippen LogP contribution in [0, 0.1) is 17.3 Å². The van der Waals surface area contributed by atoms with Gasteiger partial charge in [0.2, 0.25) is 0 Å². The van der Waals surface area contributed by atoms with E-state index in [4.69, 9.17) is 0 Å². The first kappa shape index (κ1) is 11.8. The average molecular weight is 256 g/mol. The van der Waals surface area contributed by atoms with Gasteiger partial charge in [-0.3, -0.25) is 0 Å². The highest BCUT2D eigenvalue weighted by atomic mass is 16.3. The van der Waals surface area contributed by atoms with Crippen LogP contribution in [0.2, 0.25) is 0 Å². The van der Waals surface area contributed by atoms with E-state index in [-0.39, 0.29) is 0 Å². The summed E-state index contributed by atoms with van der Waals surface area (Å²) in [5.74, 6) is 3.10. The predicted molar refractivity (Wildman–Crippen MR) is 77.3 cm³/mol. The number of aryl methyl sites for hydroxylation is 1. The summed E-state index contributed by atoms with van der Waals surface area (Å²) in [5, 5.41) is 9.68. The minimum absolute atomic E-state index is 0.443. The van der Waals surface area contributed by atoms with Gasteiger partial charge in [0.25, 0.3) is 0 Å². The molecule has 0 heterocycles. The van der Waals surface area contributed by atoms with Crippen molar-refractivity contribution >= 4 is 0 Å². The third kappa shape index (κ3) is 1.67. The zero-order chi connectivity index (χ0) is 13.0.